The number of benzene rings is 2. The second-order valence-corrected chi connectivity index (χ2v) is 5.89. The molecule has 5 heteroatoms. The van der Waals surface area contributed by atoms with Gasteiger partial charge in [0.2, 0.25) is 0 Å². The molecular formula is C19H24ClNO3. The first-order chi connectivity index (χ1) is 11.0. The van der Waals surface area contributed by atoms with Gasteiger partial charge in [-0.3, -0.25) is 4.79 Å². The Labute approximate surface area is 148 Å². The molecule has 2 rings (SSSR count). The lowest BCUT2D eigenvalue weighted by Crippen LogP contribution is -3.00. The van der Waals surface area contributed by atoms with E-state index in [1.54, 1.807) is 12.1 Å². The first kappa shape index (κ1) is 20.2. The molecule has 1 unspecified atom stereocenters. The van der Waals surface area contributed by atoms with E-state index in [2.05, 4.69) is 0 Å². The SMILES string of the molecule is Cc1ccc(C(O)C[NH2+]CCC(=O)c2ccc(O)cc2)cc1C.[Cl-]. The van der Waals surface area contributed by atoms with Crippen LogP contribution in [0, 0.1) is 13.8 Å². The summed E-state index contributed by atoms with van der Waals surface area (Å²) in [5, 5.41) is 21.4. The van der Waals surface area contributed by atoms with Gasteiger partial charge in [0.25, 0.3) is 0 Å². The van der Waals surface area contributed by atoms with Gasteiger partial charge in [-0.1, -0.05) is 18.2 Å². The Hall–Kier alpha value is -1.88. The summed E-state index contributed by atoms with van der Waals surface area (Å²) in [5.74, 6) is 0.201. The van der Waals surface area contributed by atoms with Crippen LogP contribution in [0.15, 0.2) is 42.5 Å². The number of rotatable bonds is 7. The summed E-state index contributed by atoms with van der Waals surface area (Å²) < 4.78 is 0. The average molecular weight is 350 g/mol. The van der Waals surface area contributed by atoms with Crippen LogP contribution in [0.25, 0.3) is 0 Å². The highest BCUT2D eigenvalue weighted by Crippen LogP contribution is 2.15. The zero-order valence-electron chi connectivity index (χ0n) is 14.0. The van der Waals surface area contributed by atoms with E-state index in [-0.39, 0.29) is 23.9 Å². The Kier molecular flexibility index (Phi) is 7.92. The van der Waals surface area contributed by atoms with Crippen LogP contribution < -0.4 is 17.7 Å². The quantitative estimate of drug-likeness (QED) is 0.438. The molecular weight excluding hydrogens is 326 g/mol. The number of phenolic OH excluding ortho intramolecular Hbond substituents is 1. The number of carbonyl (C=O) groups excluding carboxylic acids is 1. The molecule has 0 heterocycles. The summed E-state index contributed by atoms with van der Waals surface area (Å²) in [6.45, 7) is 5.24. The van der Waals surface area contributed by atoms with E-state index in [9.17, 15) is 15.0 Å². The van der Waals surface area contributed by atoms with Gasteiger partial charge >= 0.3 is 0 Å². The molecule has 0 radical (unpaired) electrons. The van der Waals surface area contributed by atoms with Crippen LogP contribution >= 0.6 is 0 Å². The number of carbonyl (C=O) groups is 1. The van der Waals surface area contributed by atoms with Crippen molar-refractivity contribution in [2.45, 2.75) is 26.4 Å². The van der Waals surface area contributed by atoms with Crippen molar-refractivity contribution in [1.29, 1.82) is 0 Å². The second-order valence-electron chi connectivity index (χ2n) is 5.89. The predicted molar refractivity (Wildman–Crippen MR) is 89.6 cm³/mol. The van der Waals surface area contributed by atoms with Gasteiger partial charge in [-0.15, -0.1) is 0 Å². The molecule has 0 fully saturated rings. The lowest BCUT2D eigenvalue weighted by Gasteiger charge is -2.11. The number of aliphatic hydroxyl groups is 1. The Morgan fingerprint density at radius 2 is 1.75 bits per heavy atom. The number of Topliss-reactive ketones (excluding diaryl/α,β-unsaturated/α-hetero) is 1. The van der Waals surface area contributed by atoms with E-state index in [0.717, 1.165) is 5.56 Å². The van der Waals surface area contributed by atoms with Crippen LogP contribution in [0.1, 0.15) is 39.6 Å². The predicted octanol–water partition coefficient (Wildman–Crippen LogP) is -1.12. The Bertz CT molecular complexity index is 671. The zero-order valence-corrected chi connectivity index (χ0v) is 14.8. The van der Waals surface area contributed by atoms with Gasteiger partial charge < -0.3 is 27.9 Å². The zero-order chi connectivity index (χ0) is 16.8. The Morgan fingerprint density at radius 3 is 2.38 bits per heavy atom. The number of hydrogen-bond acceptors (Lipinski definition) is 3. The molecule has 0 spiro atoms. The van der Waals surface area contributed by atoms with Crippen LogP contribution in [0.4, 0.5) is 0 Å². The highest BCUT2D eigenvalue weighted by Gasteiger charge is 2.11. The molecule has 24 heavy (non-hydrogen) atoms. The van der Waals surface area contributed by atoms with Gasteiger partial charge in [-0.05, 0) is 54.8 Å². The number of aryl methyl sites for hydroxylation is 2. The monoisotopic (exact) mass is 349 g/mol. The van der Waals surface area contributed by atoms with Gasteiger partial charge in [0.15, 0.2) is 5.78 Å². The summed E-state index contributed by atoms with van der Waals surface area (Å²) >= 11 is 0. The number of quaternary nitrogens is 1. The first-order valence-corrected chi connectivity index (χ1v) is 7.86. The molecule has 0 aromatic heterocycles. The molecule has 0 amide bonds. The third-order valence-corrected chi connectivity index (χ3v) is 4.07. The van der Waals surface area contributed by atoms with Gasteiger partial charge in [-0.2, -0.15) is 0 Å². The fourth-order valence-corrected chi connectivity index (χ4v) is 2.41. The molecule has 0 saturated heterocycles. The summed E-state index contributed by atoms with van der Waals surface area (Å²) in [4.78, 5) is 12.0. The lowest BCUT2D eigenvalue weighted by atomic mass is 10.0. The maximum absolute atomic E-state index is 12.0. The number of hydrogen-bond donors (Lipinski definition) is 3. The fraction of sp³-hybridized carbons (Fsp3) is 0.316. The summed E-state index contributed by atoms with van der Waals surface area (Å²) in [6, 6.07) is 12.3. The topological polar surface area (TPSA) is 74.1 Å². The molecule has 1 atom stereocenters. The molecule has 2 aromatic carbocycles. The second kappa shape index (κ2) is 9.42. The van der Waals surface area contributed by atoms with Crippen molar-refractivity contribution < 1.29 is 32.7 Å². The minimum absolute atomic E-state index is 0. The Balaban J connectivity index is 0.00000288. The molecule has 2 aromatic rings. The van der Waals surface area contributed by atoms with Crippen LogP contribution in [-0.4, -0.2) is 29.1 Å². The minimum atomic E-state index is -0.530. The van der Waals surface area contributed by atoms with Crippen molar-refractivity contribution >= 4 is 5.78 Å². The smallest absolute Gasteiger partial charge is 0.168 e. The van der Waals surface area contributed by atoms with Crippen LogP contribution in [0.5, 0.6) is 5.75 Å². The van der Waals surface area contributed by atoms with E-state index < -0.39 is 6.10 Å². The highest BCUT2D eigenvalue weighted by molar-refractivity contribution is 5.96. The number of aromatic hydroxyl groups is 1. The van der Waals surface area contributed by atoms with Gasteiger partial charge in [0, 0.05) is 5.56 Å². The molecule has 4 N–H and O–H groups in total. The van der Waals surface area contributed by atoms with Crippen molar-refractivity contribution in [1.82, 2.24) is 0 Å². The molecule has 0 aliphatic heterocycles. The average Bonchev–Trinajstić information content (AvgIpc) is 2.54. The van der Waals surface area contributed by atoms with Crippen molar-refractivity contribution in [3.8, 4) is 5.75 Å². The minimum Gasteiger partial charge on any atom is -1.00 e. The standard InChI is InChI=1S/C19H23NO3.ClH/c1-13-3-4-16(11-14(13)2)19(23)12-20-10-9-18(22)15-5-7-17(21)8-6-15;/h3-8,11,19-21,23H,9-10,12H2,1-2H3;1H. The number of ketones is 1. The highest BCUT2D eigenvalue weighted by atomic mass is 35.5. The first-order valence-electron chi connectivity index (χ1n) is 7.86. The number of halogens is 1. The normalized spacial score (nSPS) is 11.6. The maximum Gasteiger partial charge on any atom is 0.168 e. The molecule has 0 saturated carbocycles. The summed E-state index contributed by atoms with van der Waals surface area (Å²) in [6.07, 6.45) is -0.122. The molecule has 0 aliphatic rings. The van der Waals surface area contributed by atoms with Crippen LogP contribution in [0.3, 0.4) is 0 Å². The van der Waals surface area contributed by atoms with Crippen molar-refractivity contribution in [2.75, 3.05) is 13.1 Å². The van der Waals surface area contributed by atoms with E-state index in [4.69, 9.17) is 0 Å². The largest absolute Gasteiger partial charge is 1.00 e. The number of nitrogens with two attached hydrogens (primary N) is 1. The lowest BCUT2D eigenvalue weighted by molar-refractivity contribution is -0.660. The Morgan fingerprint density at radius 1 is 1.08 bits per heavy atom. The van der Waals surface area contributed by atoms with E-state index in [1.165, 1.54) is 23.3 Å². The number of aliphatic hydroxyl groups excluding tert-OH is 1. The molecule has 0 aliphatic carbocycles. The van der Waals surface area contributed by atoms with Crippen molar-refractivity contribution in [3.63, 3.8) is 0 Å². The summed E-state index contributed by atoms with van der Waals surface area (Å²) in [5.41, 5.74) is 3.90. The van der Waals surface area contributed by atoms with E-state index in [0.29, 0.717) is 25.1 Å². The molecule has 130 valence electrons. The van der Waals surface area contributed by atoms with Gasteiger partial charge in [-0.25, -0.2) is 0 Å². The van der Waals surface area contributed by atoms with Gasteiger partial charge in [0.1, 0.15) is 18.4 Å². The van der Waals surface area contributed by atoms with E-state index >= 15 is 0 Å². The summed E-state index contributed by atoms with van der Waals surface area (Å²) in [7, 11) is 0. The van der Waals surface area contributed by atoms with Crippen molar-refractivity contribution in [3.05, 3.63) is 64.7 Å². The third-order valence-electron chi connectivity index (χ3n) is 4.07. The van der Waals surface area contributed by atoms with E-state index in [1.807, 2.05) is 37.4 Å². The van der Waals surface area contributed by atoms with Gasteiger partial charge in [0.05, 0.1) is 13.0 Å². The fourth-order valence-electron chi connectivity index (χ4n) is 2.41. The van der Waals surface area contributed by atoms with Crippen LogP contribution in [0.2, 0.25) is 0 Å². The number of phenols is 1. The van der Waals surface area contributed by atoms with Crippen molar-refractivity contribution in [2.24, 2.45) is 0 Å². The molecule has 4 nitrogen and oxygen atoms in total. The van der Waals surface area contributed by atoms with Crippen LogP contribution in [-0.2, 0) is 0 Å². The maximum atomic E-state index is 12.0. The molecule has 0 bridgehead atoms. The third kappa shape index (κ3) is 5.64.